The number of benzene rings is 4. The van der Waals surface area contributed by atoms with E-state index in [1.54, 1.807) is 36.4 Å². The molecular weight excluding hydrogens is 508 g/mol. The van der Waals surface area contributed by atoms with Gasteiger partial charge in [0.25, 0.3) is 0 Å². The first-order valence-electron chi connectivity index (χ1n) is 12.9. The zero-order valence-electron chi connectivity index (χ0n) is 20.8. The Kier molecular flexibility index (Phi) is 5.32. The zero-order valence-corrected chi connectivity index (χ0v) is 21.5. The van der Waals surface area contributed by atoms with Crippen LogP contribution in [0.1, 0.15) is 31.8 Å². The van der Waals surface area contributed by atoms with Gasteiger partial charge in [-0.3, -0.25) is 14.4 Å². The fourth-order valence-electron chi connectivity index (χ4n) is 6.72. The number of ketones is 2. The average Bonchev–Trinajstić information content (AvgIpc) is 3.45. The molecule has 4 atom stereocenters. The van der Waals surface area contributed by atoms with E-state index in [-0.39, 0.29) is 22.5 Å². The van der Waals surface area contributed by atoms with Crippen molar-refractivity contribution in [2.75, 3.05) is 10.2 Å². The van der Waals surface area contributed by atoms with Crippen LogP contribution < -0.4 is 10.2 Å². The molecule has 1 spiro atoms. The molecule has 3 heterocycles. The van der Waals surface area contributed by atoms with Gasteiger partial charge < -0.3 is 10.2 Å². The Hall–Kier alpha value is -4.48. The second-order valence-corrected chi connectivity index (χ2v) is 10.5. The van der Waals surface area contributed by atoms with Crippen LogP contribution in [0.3, 0.4) is 0 Å². The lowest BCUT2D eigenvalue weighted by atomic mass is 9.64. The fourth-order valence-corrected chi connectivity index (χ4v) is 6.95. The molecule has 4 aromatic rings. The van der Waals surface area contributed by atoms with Gasteiger partial charge in [-0.25, -0.2) is 0 Å². The number of rotatable bonds is 4. The molecule has 0 saturated carbocycles. The van der Waals surface area contributed by atoms with Crippen molar-refractivity contribution >= 4 is 46.5 Å². The van der Waals surface area contributed by atoms with Gasteiger partial charge in [0, 0.05) is 22.5 Å². The van der Waals surface area contributed by atoms with E-state index < -0.39 is 23.4 Å². The summed E-state index contributed by atoms with van der Waals surface area (Å²) < 4.78 is 0. The summed E-state index contributed by atoms with van der Waals surface area (Å²) in [6.45, 7) is 0. The summed E-state index contributed by atoms with van der Waals surface area (Å²) in [4.78, 5) is 45.5. The van der Waals surface area contributed by atoms with Crippen LogP contribution >= 0.6 is 11.6 Å². The van der Waals surface area contributed by atoms with Crippen molar-refractivity contribution in [2.45, 2.75) is 17.5 Å². The maximum Gasteiger partial charge on any atom is 0.238 e. The molecule has 6 heteroatoms. The smallest absolute Gasteiger partial charge is 0.238 e. The number of nitrogens with one attached hydrogen (secondary N) is 1. The lowest BCUT2D eigenvalue weighted by Crippen LogP contribution is -2.51. The molecule has 5 nitrogen and oxygen atoms in total. The Bertz CT molecular complexity index is 1700. The first kappa shape index (κ1) is 23.6. The third kappa shape index (κ3) is 3.23. The molecule has 4 aromatic carbocycles. The van der Waals surface area contributed by atoms with E-state index in [1.165, 1.54) is 0 Å². The largest absolute Gasteiger partial charge is 0.352 e. The highest BCUT2D eigenvalue weighted by atomic mass is 35.5. The molecule has 1 saturated heterocycles. The van der Waals surface area contributed by atoms with Crippen LogP contribution in [0, 0.1) is 5.92 Å². The van der Waals surface area contributed by atoms with Crippen LogP contribution in [-0.2, 0) is 10.2 Å². The molecule has 0 radical (unpaired) electrons. The Morgan fingerprint density at radius 2 is 1.49 bits per heavy atom. The molecule has 7 rings (SSSR count). The number of Topliss-reactive ketones (excluding diaryl/α,β-unsaturated/α-hetero) is 2. The quantitative estimate of drug-likeness (QED) is 0.319. The van der Waals surface area contributed by atoms with Crippen LogP contribution in [-0.4, -0.2) is 29.6 Å². The number of anilines is 2. The zero-order chi connectivity index (χ0) is 26.7. The maximum absolute atomic E-state index is 14.7. The molecule has 39 heavy (non-hydrogen) atoms. The molecule has 190 valence electrons. The van der Waals surface area contributed by atoms with Crippen LogP contribution in [0.25, 0.3) is 6.08 Å². The summed E-state index contributed by atoms with van der Waals surface area (Å²) in [5, 5.41) is 3.33. The topological polar surface area (TPSA) is 66.5 Å². The summed E-state index contributed by atoms with van der Waals surface area (Å²) >= 11 is 6.57. The molecule has 3 aliphatic heterocycles. The molecule has 3 aliphatic rings. The highest BCUT2D eigenvalue weighted by molar-refractivity contribution is 6.34. The van der Waals surface area contributed by atoms with Gasteiger partial charge in [0.05, 0.1) is 17.0 Å². The fraction of sp³-hybridized carbons (Fsp3) is 0.121. The number of carbonyl (C=O) groups is 3. The van der Waals surface area contributed by atoms with Crippen LogP contribution in [0.5, 0.6) is 0 Å². The summed E-state index contributed by atoms with van der Waals surface area (Å²) in [7, 11) is 0. The second-order valence-electron chi connectivity index (χ2n) is 10.1. The summed E-state index contributed by atoms with van der Waals surface area (Å²) in [6, 6.07) is 29.5. The lowest BCUT2D eigenvalue weighted by molar-refractivity contribution is -0.121. The number of halogens is 1. The molecule has 1 fully saturated rings. The highest BCUT2D eigenvalue weighted by Crippen LogP contribution is 2.58. The van der Waals surface area contributed by atoms with Crippen molar-refractivity contribution in [3.63, 3.8) is 0 Å². The van der Waals surface area contributed by atoms with E-state index in [2.05, 4.69) is 5.32 Å². The van der Waals surface area contributed by atoms with E-state index in [0.29, 0.717) is 22.4 Å². The third-order valence-electron chi connectivity index (χ3n) is 8.29. The standard InChI is InChI=1S/C33H23ClN2O3/c34-24-15-7-5-13-22(24)31(38)28-29(30(37)21-11-2-1-3-12-21)36-26-17-9-4-10-20(26)18-19-27(36)33(28)23-14-6-8-16-25(23)35-32(33)39/h1-19,27-29H,(H,35,39)/t27-,28-,29+,33-/m1/s1. The van der Waals surface area contributed by atoms with Gasteiger partial charge in [0.1, 0.15) is 11.5 Å². The van der Waals surface area contributed by atoms with Crippen molar-refractivity contribution in [3.8, 4) is 0 Å². The second kappa shape index (κ2) is 8.79. The molecular formula is C33H23ClN2O3. The Labute approximate surface area is 230 Å². The van der Waals surface area contributed by atoms with Crippen molar-refractivity contribution in [2.24, 2.45) is 5.92 Å². The van der Waals surface area contributed by atoms with Gasteiger partial charge in [-0.1, -0.05) is 103 Å². The number of hydrogen-bond donors (Lipinski definition) is 1. The summed E-state index contributed by atoms with van der Waals surface area (Å²) in [5.41, 5.74) is 2.52. The van der Waals surface area contributed by atoms with E-state index in [0.717, 1.165) is 11.3 Å². The van der Waals surface area contributed by atoms with Gasteiger partial charge in [-0.05, 0) is 35.4 Å². The number of amides is 1. The van der Waals surface area contributed by atoms with E-state index in [1.807, 2.05) is 83.8 Å². The normalized spacial score (nSPS) is 24.2. The molecule has 0 aliphatic carbocycles. The molecule has 0 bridgehead atoms. The van der Waals surface area contributed by atoms with Gasteiger partial charge in [-0.15, -0.1) is 0 Å². The van der Waals surface area contributed by atoms with Gasteiger partial charge in [0.2, 0.25) is 5.91 Å². The minimum absolute atomic E-state index is 0.217. The summed E-state index contributed by atoms with van der Waals surface area (Å²) in [6.07, 6.45) is 3.95. The minimum Gasteiger partial charge on any atom is -0.352 e. The van der Waals surface area contributed by atoms with E-state index in [9.17, 15) is 14.4 Å². The number of carbonyl (C=O) groups excluding carboxylic acids is 3. The highest BCUT2D eigenvalue weighted by Gasteiger charge is 2.70. The molecule has 1 N–H and O–H groups in total. The monoisotopic (exact) mass is 530 g/mol. The molecule has 0 unspecified atom stereocenters. The third-order valence-corrected chi connectivity index (χ3v) is 8.62. The van der Waals surface area contributed by atoms with Crippen LogP contribution in [0.15, 0.2) is 109 Å². The predicted molar refractivity (Wildman–Crippen MR) is 152 cm³/mol. The maximum atomic E-state index is 14.7. The Morgan fingerprint density at radius 3 is 2.31 bits per heavy atom. The van der Waals surface area contributed by atoms with Gasteiger partial charge in [-0.2, -0.15) is 0 Å². The van der Waals surface area contributed by atoms with E-state index in [4.69, 9.17) is 11.6 Å². The van der Waals surface area contributed by atoms with Gasteiger partial charge in [0.15, 0.2) is 11.6 Å². The van der Waals surface area contributed by atoms with Crippen molar-refractivity contribution in [1.82, 2.24) is 0 Å². The Balaban J connectivity index is 1.56. The SMILES string of the molecule is O=C(c1ccccc1)[C@@H]1[C@H](C(=O)c2ccccc2Cl)[C@]2(C(=O)Nc3ccccc32)[C@H]2C=Cc3ccccc3N12. The van der Waals surface area contributed by atoms with Gasteiger partial charge >= 0.3 is 0 Å². The number of nitrogens with zero attached hydrogens (tertiary/aromatic N) is 1. The Morgan fingerprint density at radius 1 is 0.795 bits per heavy atom. The number of fused-ring (bicyclic) bond motifs is 6. The number of hydrogen-bond acceptors (Lipinski definition) is 4. The van der Waals surface area contributed by atoms with Crippen molar-refractivity contribution in [1.29, 1.82) is 0 Å². The van der Waals surface area contributed by atoms with Crippen LogP contribution in [0.2, 0.25) is 5.02 Å². The molecule has 1 amide bonds. The predicted octanol–water partition coefficient (Wildman–Crippen LogP) is 6.20. The number of para-hydroxylation sites is 2. The molecule has 0 aromatic heterocycles. The summed E-state index contributed by atoms with van der Waals surface area (Å²) in [5.74, 6) is -1.89. The first-order valence-corrected chi connectivity index (χ1v) is 13.3. The first-order chi connectivity index (χ1) is 19.0. The van der Waals surface area contributed by atoms with Crippen molar-refractivity contribution in [3.05, 3.63) is 136 Å². The van der Waals surface area contributed by atoms with E-state index >= 15 is 0 Å². The average molecular weight is 531 g/mol. The lowest BCUT2D eigenvalue weighted by Gasteiger charge is -2.37. The van der Waals surface area contributed by atoms with Crippen molar-refractivity contribution < 1.29 is 14.4 Å². The van der Waals surface area contributed by atoms with Crippen LogP contribution in [0.4, 0.5) is 11.4 Å². The minimum atomic E-state index is -1.36.